The summed E-state index contributed by atoms with van der Waals surface area (Å²) in [7, 11) is 1.65. The van der Waals surface area contributed by atoms with E-state index in [1.54, 1.807) is 7.11 Å². The molecule has 3 heteroatoms. The van der Waals surface area contributed by atoms with Crippen LogP contribution in [0.25, 0.3) is 0 Å². The SMILES string of the molecule is COc1ccc(C(O)C2CCCS2)cc1. The predicted octanol–water partition coefficient (Wildman–Crippen LogP) is 2.62. The number of benzene rings is 1. The summed E-state index contributed by atoms with van der Waals surface area (Å²) >= 11 is 1.87. The predicted molar refractivity (Wildman–Crippen MR) is 63.4 cm³/mol. The largest absolute Gasteiger partial charge is 0.497 e. The summed E-state index contributed by atoms with van der Waals surface area (Å²) in [6.45, 7) is 0. The fraction of sp³-hybridized carbons (Fsp3) is 0.500. The minimum Gasteiger partial charge on any atom is -0.497 e. The molecule has 1 saturated heterocycles. The number of methoxy groups -OCH3 is 1. The van der Waals surface area contributed by atoms with Crippen molar-refractivity contribution in [1.29, 1.82) is 0 Å². The highest BCUT2D eigenvalue weighted by molar-refractivity contribution is 8.00. The molecule has 1 aromatic rings. The highest BCUT2D eigenvalue weighted by Gasteiger charge is 2.24. The number of aliphatic hydroxyl groups is 1. The molecule has 15 heavy (non-hydrogen) atoms. The number of ether oxygens (including phenoxy) is 1. The third-order valence-electron chi connectivity index (χ3n) is 2.77. The molecule has 2 rings (SSSR count). The van der Waals surface area contributed by atoms with Gasteiger partial charge in [0.05, 0.1) is 13.2 Å². The maximum atomic E-state index is 10.1. The molecule has 1 aliphatic rings. The van der Waals surface area contributed by atoms with E-state index >= 15 is 0 Å². The van der Waals surface area contributed by atoms with Gasteiger partial charge in [0.1, 0.15) is 5.75 Å². The molecular formula is C12H16O2S. The van der Waals surface area contributed by atoms with Crippen LogP contribution in [-0.4, -0.2) is 23.2 Å². The average Bonchev–Trinajstić information content (AvgIpc) is 2.82. The van der Waals surface area contributed by atoms with Crippen molar-refractivity contribution in [3.05, 3.63) is 29.8 Å². The van der Waals surface area contributed by atoms with Crippen LogP contribution < -0.4 is 4.74 Å². The van der Waals surface area contributed by atoms with Gasteiger partial charge in [-0.05, 0) is 36.3 Å². The lowest BCUT2D eigenvalue weighted by Gasteiger charge is -2.17. The normalized spacial score (nSPS) is 22.7. The van der Waals surface area contributed by atoms with Crippen molar-refractivity contribution in [2.75, 3.05) is 12.9 Å². The smallest absolute Gasteiger partial charge is 0.118 e. The Balaban J connectivity index is 2.07. The Morgan fingerprint density at radius 3 is 2.67 bits per heavy atom. The van der Waals surface area contributed by atoms with Crippen molar-refractivity contribution in [2.24, 2.45) is 0 Å². The van der Waals surface area contributed by atoms with Crippen LogP contribution in [0.4, 0.5) is 0 Å². The maximum Gasteiger partial charge on any atom is 0.118 e. The Morgan fingerprint density at radius 1 is 1.40 bits per heavy atom. The van der Waals surface area contributed by atoms with Gasteiger partial charge in [-0.25, -0.2) is 0 Å². The molecule has 0 aromatic heterocycles. The van der Waals surface area contributed by atoms with Crippen LogP contribution in [0, 0.1) is 0 Å². The standard InChI is InChI=1S/C12H16O2S/c1-14-10-6-4-9(5-7-10)12(13)11-3-2-8-15-11/h4-7,11-13H,2-3,8H2,1H3. The van der Waals surface area contributed by atoms with E-state index in [9.17, 15) is 5.11 Å². The molecule has 0 saturated carbocycles. The second-order valence-electron chi connectivity index (χ2n) is 3.77. The van der Waals surface area contributed by atoms with E-state index in [1.165, 1.54) is 12.2 Å². The number of rotatable bonds is 3. The average molecular weight is 224 g/mol. The Bertz CT molecular complexity index is 304. The summed E-state index contributed by atoms with van der Waals surface area (Å²) in [6.07, 6.45) is 2.02. The van der Waals surface area contributed by atoms with E-state index in [1.807, 2.05) is 36.0 Å². The van der Waals surface area contributed by atoms with Crippen LogP contribution in [0.2, 0.25) is 0 Å². The van der Waals surface area contributed by atoms with E-state index in [2.05, 4.69) is 0 Å². The topological polar surface area (TPSA) is 29.5 Å². The molecule has 1 fully saturated rings. The molecule has 0 aliphatic carbocycles. The summed E-state index contributed by atoms with van der Waals surface area (Å²) in [6, 6.07) is 7.70. The van der Waals surface area contributed by atoms with E-state index in [0.717, 1.165) is 17.7 Å². The maximum absolute atomic E-state index is 10.1. The fourth-order valence-corrected chi connectivity index (χ4v) is 3.18. The third kappa shape index (κ3) is 2.47. The number of thioether (sulfide) groups is 1. The Hall–Kier alpha value is -0.670. The molecule has 2 unspecified atom stereocenters. The third-order valence-corrected chi connectivity index (χ3v) is 4.22. The zero-order valence-electron chi connectivity index (χ0n) is 8.85. The summed E-state index contributed by atoms with van der Waals surface area (Å²) in [5.74, 6) is 2.02. The van der Waals surface area contributed by atoms with Gasteiger partial charge >= 0.3 is 0 Å². The van der Waals surface area contributed by atoms with E-state index < -0.39 is 0 Å². The molecule has 0 spiro atoms. The molecule has 0 bridgehead atoms. The van der Waals surface area contributed by atoms with Gasteiger partial charge in [0.15, 0.2) is 0 Å². The van der Waals surface area contributed by atoms with E-state index in [4.69, 9.17) is 4.74 Å². The lowest BCUT2D eigenvalue weighted by molar-refractivity contribution is 0.173. The monoisotopic (exact) mass is 224 g/mol. The van der Waals surface area contributed by atoms with Crippen LogP contribution in [0.1, 0.15) is 24.5 Å². The van der Waals surface area contributed by atoms with Crippen molar-refractivity contribution in [3.8, 4) is 5.75 Å². The van der Waals surface area contributed by atoms with Crippen LogP contribution >= 0.6 is 11.8 Å². The molecule has 0 amide bonds. The molecular weight excluding hydrogens is 208 g/mol. The van der Waals surface area contributed by atoms with Crippen LogP contribution in [0.5, 0.6) is 5.75 Å². The van der Waals surface area contributed by atoms with Crippen molar-refractivity contribution in [3.63, 3.8) is 0 Å². The highest BCUT2D eigenvalue weighted by Crippen LogP contribution is 2.36. The summed E-state index contributed by atoms with van der Waals surface area (Å²) in [5, 5.41) is 10.5. The van der Waals surface area contributed by atoms with Gasteiger partial charge in [-0.3, -0.25) is 0 Å². The van der Waals surface area contributed by atoms with Crippen LogP contribution in [0.15, 0.2) is 24.3 Å². The summed E-state index contributed by atoms with van der Waals surface area (Å²) < 4.78 is 5.09. The number of hydrogen-bond acceptors (Lipinski definition) is 3. The first-order valence-corrected chi connectivity index (χ1v) is 6.30. The van der Waals surface area contributed by atoms with Crippen molar-refractivity contribution >= 4 is 11.8 Å². The van der Waals surface area contributed by atoms with Crippen molar-refractivity contribution in [1.82, 2.24) is 0 Å². The summed E-state index contributed by atoms with van der Waals surface area (Å²) in [5.41, 5.74) is 0.996. The van der Waals surface area contributed by atoms with Gasteiger partial charge < -0.3 is 9.84 Å². The first-order chi connectivity index (χ1) is 7.31. The second-order valence-corrected chi connectivity index (χ2v) is 5.12. The minimum atomic E-state index is -0.330. The van der Waals surface area contributed by atoms with Gasteiger partial charge in [0.25, 0.3) is 0 Å². The van der Waals surface area contributed by atoms with Gasteiger partial charge in [0.2, 0.25) is 0 Å². The zero-order valence-corrected chi connectivity index (χ0v) is 9.67. The Kier molecular flexibility index (Phi) is 3.54. The highest BCUT2D eigenvalue weighted by atomic mass is 32.2. The lowest BCUT2D eigenvalue weighted by Crippen LogP contribution is -2.11. The van der Waals surface area contributed by atoms with E-state index in [-0.39, 0.29) is 6.10 Å². The first kappa shape index (κ1) is 10.8. The Morgan fingerprint density at radius 2 is 2.13 bits per heavy atom. The lowest BCUT2D eigenvalue weighted by atomic mass is 10.0. The molecule has 0 radical (unpaired) electrons. The second kappa shape index (κ2) is 4.90. The van der Waals surface area contributed by atoms with Gasteiger partial charge in [-0.15, -0.1) is 0 Å². The molecule has 2 nitrogen and oxygen atoms in total. The Labute approximate surface area is 94.6 Å². The number of hydrogen-bond donors (Lipinski definition) is 1. The van der Waals surface area contributed by atoms with Crippen molar-refractivity contribution in [2.45, 2.75) is 24.2 Å². The molecule has 2 atom stereocenters. The number of aliphatic hydroxyl groups excluding tert-OH is 1. The van der Waals surface area contributed by atoms with Gasteiger partial charge in [-0.2, -0.15) is 11.8 Å². The molecule has 1 aromatic carbocycles. The fourth-order valence-electron chi connectivity index (χ4n) is 1.87. The zero-order chi connectivity index (χ0) is 10.7. The quantitative estimate of drug-likeness (QED) is 0.856. The summed E-state index contributed by atoms with van der Waals surface area (Å²) in [4.78, 5) is 0. The first-order valence-electron chi connectivity index (χ1n) is 5.25. The van der Waals surface area contributed by atoms with Crippen LogP contribution in [-0.2, 0) is 0 Å². The minimum absolute atomic E-state index is 0.330. The van der Waals surface area contributed by atoms with Crippen molar-refractivity contribution < 1.29 is 9.84 Å². The van der Waals surface area contributed by atoms with Gasteiger partial charge in [0, 0.05) is 5.25 Å². The molecule has 1 N–H and O–H groups in total. The van der Waals surface area contributed by atoms with E-state index in [0.29, 0.717) is 5.25 Å². The van der Waals surface area contributed by atoms with Crippen LogP contribution in [0.3, 0.4) is 0 Å². The van der Waals surface area contributed by atoms with Gasteiger partial charge in [-0.1, -0.05) is 12.1 Å². The molecule has 1 heterocycles. The molecule has 82 valence electrons. The molecule has 1 aliphatic heterocycles.